The lowest BCUT2D eigenvalue weighted by Gasteiger charge is -2.22. The maximum Gasteiger partial charge on any atom is 0.245 e. The van der Waals surface area contributed by atoms with Crippen LogP contribution in [0.25, 0.3) is 0 Å². The number of nitrogens with zero attached hydrogens (tertiary/aromatic N) is 1. The smallest absolute Gasteiger partial charge is 0.245 e. The second-order valence-electron chi connectivity index (χ2n) is 7.02. The van der Waals surface area contributed by atoms with Crippen LogP contribution in [0.4, 0.5) is 0 Å². The summed E-state index contributed by atoms with van der Waals surface area (Å²) < 4.78 is 27.9. The molecular weight excluding hydrogens is 491 g/mol. The molecule has 0 aliphatic heterocycles. The number of hydrogen-bond donors (Lipinski definition) is 1. The quantitative estimate of drug-likeness (QED) is 0.429. The number of amides is 1. The molecule has 0 unspecified atom stereocenters. The summed E-state index contributed by atoms with van der Waals surface area (Å²) in [6, 6.07) is 20.8. The van der Waals surface area contributed by atoms with E-state index in [-0.39, 0.29) is 34.6 Å². The third-order valence-electron chi connectivity index (χ3n) is 4.76. The highest BCUT2D eigenvalue weighted by Gasteiger charge is 2.29. The van der Waals surface area contributed by atoms with Gasteiger partial charge in [-0.25, -0.2) is 8.42 Å². The fourth-order valence-electron chi connectivity index (χ4n) is 3.05. The molecule has 9 heteroatoms. The summed E-state index contributed by atoms with van der Waals surface area (Å²) in [6.45, 7) is -0.0971. The first-order chi connectivity index (χ1) is 15.3. The Morgan fingerprint density at radius 3 is 2.28 bits per heavy atom. The van der Waals surface area contributed by atoms with Gasteiger partial charge in [-0.05, 0) is 41.8 Å². The van der Waals surface area contributed by atoms with Crippen LogP contribution < -0.4 is 5.32 Å². The average Bonchev–Trinajstić information content (AvgIpc) is 2.78. The Kier molecular flexibility index (Phi) is 8.57. The highest BCUT2D eigenvalue weighted by Crippen LogP contribution is 2.28. The van der Waals surface area contributed by atoms with Gasteiger partial charge in [0.25, 0.3) is 0 Å². The van der Waals surface area contributed by atoms with Crippen molar-refractivity contribution in [2.24, 2.45) is 0 Å². The standard InChI is InChI=1S/C23H21Cl3N2O3S/c24-19-10-11-21(26)22(14-19)32(30,31)28(13-12-17-6-2-1-3-7-17)16-23(29)27-15-18-8-4-5-9-20(18)25/h1-11,14H,12-13,15-16H2,(H,27,29). The predicted molar refractivity (Wildman–Crippen MR) is 129 cm³/mol. The monoisotopic (exact) mass is 510 g/mol. The Labute approximate surface area is 203 Å². The minimum atomic E-state index is -4.08. The van der Waals surface area contributed by atoms with E-state index < -0.39 is 15.9 Å². The highest BCUT2D eigenvalue weighted by molar-refractivity contribution is 7.89. The van der Waals surface area contributed by atoms with Gasteiger partial charge in [0.2, 0.25) is 15.9 Å². The Hall–Kier alpha value is -2.09. The molecule has 0 radical (unpaired) electrons. The lowest BCUT2D eigenvalue weighted by Crippen LogP contribution is -2.41. The van der Waals surface area contributed by atoms with Crippen LogP contribution in [0.3, 0.4) is 0 Å². The molecule has 1 N–H and O–H groups in total. The fraction of sp³-hybridized carbons (Fsp3) is 0.174. The molecule has 0 aliphatic rings. The van der Waals surface area contributed by atoms with Crippen LogP contribution in [-0.4, -0.2) is 31.7 Å². The number of hydrogen-bond acceptors (Lipinski definition) is 3. The molecule has 0 aliphatic carbocycles. The predicted octanol–water partition coefficient (Wildman–Crippen LogP) is 5.20. The molecule has 5 nitrogen and oxygen atoms in total. The first-order valence-corrected chi connectivity index (χ1v) is 12.3. The van der Waals surface area contributed by atoms with Gasteiger partial charge in [-0.15, -0.1) is 0 Å². The third-order valence-corrected chi connectivity index (χ3v) is 7.69. The van der Waals surface area contributed by atoms with Crippen LogP contribution in [0, 0.1) is 0 Å². The minimum absolute atomic E-state index is 0.0376. The van der Waals surface area contributed by atoms with Crippen LogP contribution in [0.15, 0.2) is 77.7 Å². The maximum absolute atomic E-state index is 13.4. The zero-order valence-electron chi connectivity index (χ0n) is 17.0. The highest BCUT2D eigenvalue weighted by atomic mass is 35.5. The van der Waals surface area contributed by atoms with Crippen molar-refractivity contribution in [2.75, 3.05) is 13.1 Å². The number of nitrogens with one attached hydrogen (secondary N) is 1. The van der Waals surface area contributed by atoms with Crippen LogP contribution in [-0.2, 0) is 27.8 Å². The first-order valence-electron chi connectivity index (χ1n) is 9.76. The largest absolute Gasteiger partial charge is 0.351 e. The molecule has 0 fully saturated rings. The normalized spacial score (nSPS) is 11.5. The van der Waals surface area contributed by atoms with Crippen molar-refractivity contribution in [3.05, 3.63) is 99.0 Å². The van der Waals surface area contributed by atoms with E-state index in [2.05, 4.69) is 5.32 Å². The van der Waals surface area contributed by atoms with Crippen LogP contribution >= 0.6 is 34.8 Å². The van der Waals surface area contributed by atoms with Gasteiger partial charge < -0.3 is 5.32 Å². The lowest BCUT2D eigenvalue weighted by atomic mass is 10.1. The van der Waals surface area contributed by atoms with Crippen molar-refractivity contribution in [3.8, 4) is 0 Å². The molecule has 0 bridgehead atoms. The zero-order valence-corrected chi connectivity index (χ0v) is 20.1. The zero-order chi connectivity index (χ0) is 23.1. The second-order valence-corrected chi connectivity index (χ2v) is 10.2. The Morgan fingerprint density at radius 1 is 0.875 bits per heavy atom. The molecule has 168 valence electrons. The van der Waals surface area contributed by atoms with E-state index in [1.54, 1.807) is 18.2 Å². The molecule has 0 atom stereocenters. The van der Waals surface area contributed by atoms with Gasteiger partial charge in [-0.1, -0.05) is 83.3 Å². The van der Waals surface area contributed by atoms with E-state index in [1.165, 1.54) is 18.2 Å². The molecule has 3 rings (SSSR count). The lowest BCUT2D eigenvalue weighted by molar-refractivity contribution is -0.121. The number of rotatable bonds is 9. The molecule has 0 saturated carbocycles. The Bertz CT molecular complexity index is 1190. The van der Waals surface area contributed by atoms with Gasteiger partial charge in [0, 0.05) is 23.1 Å². The number of benzene rings is 3. The number of carbonyl (C=O) groups excluding carboxylic acids is 1. The van der Waals surface area contributed by atoms with Crippen molar-refractivity contribution < 1.29 is 13.2 Å². The van der Waals surface area contributed by atoms with Crippen molar-refractivity contribution in [1.82, 2.24) is 9.62 Å². The van der Waals surface area contributed by atoms with E-state index in [4.69, 9.17) is 34.8 Å². The molecule has 3 aromatic rings. The van der Waals surface area contributed by atoms with E-state index in [9.17, 15) is 13.2 Å². The minimum Gasteiger partial charge on any atom is -0.351 e. The average molecular weight is 512 g/mol. The van der Waals surface area contributed by atoms with E-state index in [1.807, 2.05) is 36.4 Å². The molecule has 0 aromatic heterocycles. The van der Waals surface area contributed by atoms with Gasteiger partial charge in [0.15, 0.2) is 0 Å². The SMILES string of the molecule is O=C(CN(CCc1ccccc1)S(=O)(=O)c1cc(Cl)ccc1Cl)NCc1ccccc1Cl. The Morgan fingerprint density at radius 2 is 1.56 bits per heavy atom. The van der Waals surface area contributed by atoms with Gasteiger partial charge in [0.05, 0.1) is 11.6 Å². The molecular formula is C23H21Cl3N2O3S. The number of sulfonamides is 1. The molecule has 32 heavy (non-hydrogen) atoms. The van der Waals surface area contributed by atoms with Crippen LogP contribution in [0.1, 0.15) is 11.1 Å². The maximum atomic E-state index is 13.4. The summed E-state index contributed by atoms with van der Waals surface area (Å²) in [6.07, 6.45) is 0.427. The molecule has 0 spiro atoms. The molecule has 1 amide bonds. The van der Waals surface area contributed by atoms with Gasteiger partial charge in [-0.3, -0.25) is 4.79 Å². The first kappa shape index (κ1) is 24.6. The molecule has 0 saturated heterocycles. The van der Waals surface area contributed by atoms with E-state index in [0.29, 0.717) is 11.4 Å². The summed E-state index contributed by atoms with van der Waals surface area (Å²) in [5, 5.41) is 3.52. The summed E-state index contributed by atoms with van der Waals surface area (Å²) >= 11 is 18.3. The Balaban J connectivity index is 1.80. The van der Waals surface area contributed by atoms with Gasteiger partial charge in [0.1, 0.15) is 4.90 Å². The second kappa shape index (κ2) is 11.2. The topological polar surface area (TPSA) is 66.5 Å². The van der Waals surface area contributed by atoms with Gasteiger partial charge >= 0.3 is 0 Å². The van der Waals surface area contributed by atoms with Gasteiger partial charge in [-0.2, -0.15) is 4.31 Å². The van der Waals surface area contributed by atoms with E-state index in [0.717, 1.165) is 15.4 Å². The van der Waals surface area contributed by atoms with Crippen LogP contribution in [0.2, 0.25) is 15.1 Å². The summed E-state index contributed by atoms with van der Waals surface area (Å²) in [5.74, 6) is -0.459. The number of carbonyl (C=O) groups is 1. The summed E-state index contributed by atoms with van der Waals surface area (Å²) in [4.78, 5) is 12.5. The molecule has 3 aromatic carbocycles. The molecule has 0 heterocycles. The fourth-order valence-corrected chi connectivity index (χ4v) is 5.39. The number of halogens is 3. The van der Waals surface area contributed by atoms with Crippen molar-refractivity contribution in [3.63, 3.8) is 0 Å². The summed E-state index contributed by atoms with van der Waals surface area (Å²) in [5.41, 5.74) is 1.68. The van der Waals surface area contributed by atoms with Crippen molar-refractivity contribution >= 4 is 50.7 Å². The third kappa shape index (κ3) is 6.47. The van der Waals surface area contributed by atoms with Crippen molar-refractivity contribution in [2.45, 2.75) is 17.9 Å². The van der Waals surface area contributed by atoms with Crippen molar-refractivity contribution in [1.29, 1.82) is 0 Å². The summed E-state index contributed by atoms with van der Waals surface area (Å²) in [7, 11) is -4.08. The van der Waals surface area contributed by atoms with E-state index >= 15 is 0 Å². The van der Waals surface area contributed by atoms with Crippen LogP contribution in [0.5, 0.6) is 0 Å².